The lowest BCUT2D eigenvalue weighted by molar-refractivity contribution is 0.403. The first kappa shape index (κ1) is 12.2. The highest BCUT2D eigenvalue weighted by atomic mass is 15.4. The molecule has 19 heavy (non-hydrogen) atoms. The highest BCUT2D eigenvalue weighted by Gasteiger charge is 2.24. The van der Waals surface area contributed by atoms with Gasteiger partial charge in [0.05, 0.1) is 12.5 Å². The first-order valence-corrected chi connectivity index (χ1v) is 6.53. The molecule has 2 unspecified atom stereocenters. The third kappa shape index (κ3) is 2.33. The molecule has 0 amide bonds. The summed E-state index contributed by atoms with van der Waals surface area (Å²) in [4.78, 5) is 10.9. The SMILES string of the molecule is CC1CN(c2n[nH]c(-c3cncn3C)n2)CC(C)N1. The van der Waals surface area contributed by atoms with Crippen LogP contribution in [-0.4, -0.2) is 49.9 Å². The number of piperazine rings is 1. The van der Waals surface area contributed by atoms with Gasteiger partial charge in [-0.15, -0.1) is 5.10 Å². The van der Waals surface area contributed by atoms with Crippen molar-refractivity contribution in [3.05, 3.63) is 12.5 Å². The van der Waals surface area contributed by atoms with E-state index < -0.39 is 0 Å². The molecule has 2 atom stereocenters. The zero-order chi connectivity index (χ0) is 13.4. The Morgan fingerprint density at radius 1 is 1.26 bits per heavy atom. The molecule has 0 aromatic carbocycles. The van der Waals surface area contributed by atoms with E-state index >= 15 is 0 Å². The Labute approximate surface area is 112 Å². The molecule has 3 rings (SSSR count). The minimum Gasteiger partial charge on any atom is -0.336 e. The largest absolute Gasteiger partial charge is 0.336 e. The van der Waals surface area contributed by atoms with Gasteiger partial charge in [-0.25, -0.2) is 4.98 Å². The van der Waals surface area contributed by atoms with Gasteiger partial charge in [0, 0.05) is 32.2 Å². The number of hydrogen-bond acceptors (Lipinski definition) is 5. The molecule has 0 saturated carbocycles. The minimum atomic E-state index is 0.447. The molecule has 3 heterocycles. The summed E-state index contributed by atoms with van der Waals surface area (Å²) in [7, 11) is 1.94. The van der Waals surface area contributed by atoms with Crippen LogP contribution in [0.2, 0.25) is 0 Å². The zero-order valence-electron chi connectivity index (χ0n) is 11.5. The van der Waals surface area contributed by atoms with Gasteiger partial charge in [-0.3, -0.25) is 5.10 Å². The molecule has 1 saturated heterocycles. The second kappa shape index (κ2) is 4.65. The maximum absolute atomic E-state index is 4.58. The number of imidazole rings is 1. The topological polar surface area (TPSA) is 74.7 Å². The summed E-state index contributed by atoms with van der Waals surface area (Å²) in [6.07, 6.45) is 3.54. The van der Waals surface area contributed by atoms with Crippen molar-refractivity contribution in [3.8, 4) is 11.5 Å². The fourth-order valence-electron chi connectivity index (χ4n) is 2.58. The van der Waals surface area contributed by atoms with Crippen LogP contribution in [0.1, 0.15) is 13.8 Å². The monoisotopic (exact) mass is 261 g/mol. The quantitative estimate of drug-likeness (QED) is 0.818. The van der Waals surface area contributed by atoms with E-state index in [0.29, 0.717) is 12.1 Å². The maximum Gasteiger partial charge on any atom is 0.245 e. The Balaban J connectivity index is 1.83. The second-order valence-electron chi connectivity index (χ2n) is 5.25. The van der Waals surface area contributed by atoms with E-state index in [2.05, 4.69) is 44.2 Å². The third-order valence-corrected chi connectivity index (χ3v) is 3.37. The highest BCUT2D eigenvalue weighted by Crippen LogP contribution is 2.18. The van der Waals surface area contributed by atoms with E-state index in [1.807, 2.05) is 11.6 Å². The number of anilines is 1. The zero-order valence-corrected chi connectivity index (χ0v) is 11.5. The van der Waals surface area contributed by atoms with Crippen molar-refractivity contribution in [2.45, 2.75) is 25.9 Å². The van der Waals surface area contributed by atoms with Gasteiger partial charge in [0.15, 0.2) is 5.82 Å². The average molecular weight is 261 g/mol. The van der Waals surface area contributed by atoms with Gasteiger partial charge in [0.2, 0.25) is 5.95 Å². The van der Waals surface area contributed by atoms with E-state index in [0.717, 1.165) is 30.6 Å². The number of aromatic nitrogens is 5. The number of aromatic amines is 1. The molecule has 0 spiro atoms. The van der Waals surface area contributed by atoms with Crippen LogP contribution in [-0.2, 0) is 7.05 Å². The Bertz CT molecular complexity index is 548. The standard InChI is InChI=1S/C12H19N7/c1-8-5-19(6-9(2)14-8)12-15-11(16-17-12)10-4-13-7-18(10)3/h4,7-9,14H,5-6H2,1-3H3,(H,15,16,17). The molecule has 1 fully saturated rings. The summed E-state index contributed by atoms with van der Waals surface area (Å²) in [5, 5.41) is 10.8. The lowest BCUT2D eigenvalue weighted by Gasteiger charge is -2.35. The van der Waals surface area contributed by atoms with Gasteiger partial charge in [-0.2, -0.15) is 4.98 Å². The number of hydrogen-bond donors (Lipinski definition) is 2. The average Bonchev–Trinajstić information content (AvgIpc) is 2.95. The van der Waals surface area contributed by atoms with Crippen LogP contribution in [0, 0.1) is 0 Å². The number of nitrogens with zero attached hydrogens (tertiary/aromatic N) is 5. The van der Waals surface area contributed by atoms with Gasteiger partial charge < -0.3 is 14.8 Å². The smallest absolute Gasteiger partial charge is 0.245 e. The first-order chi connectivity index (χ1) is 9.13. The molecule has 0 aliphatic carbocycles. The van der Waals surface area contributed by atoms with E-state index in [4.69, 9.17) is 0 Å². The van der Waals surface area contributed by atoms with Gasteiger partial charge in [-0.05, 0) is 13.8 Å². The molecule has 7 heteroatoms. The summed E-state index contributed by atoms with van der Waals surface area (Å²) in [6, 6.07) is 0.893. The molecule has 1 aliphatic heterocycles. The van der Waals surface area contributed by atoms with Gasteiger partial charge in [0.1, 0.15) is 5.69 Å². The van der Waals surface area contributed by atoms with Gasteiger partial charge in [-0.1, -0.05) is 0 Å². The molecule has 102 valence electrons. The minimum absolute atomic E-state index is 0.447. The summed E-state index contributed by atoms with van der Waals surface area (Å²) in [5.74, 6) is 1.52. The number of nitrogens with one attached hydrogen (secondary N) is 2. The summed E-state index contributed by atoms with van der Waals surface area (Å²) >= 11 is 0. The van der Waals surface area contributed by atoms with E-state index in [-0.39, 0.29) is 0 Å². The van der Waals surface area contributed by atoms with Crippen LogP contribution in [0.5, 0.6) is 0 Å². The summed E-state index contributed by atoms with van der Waals surface area (Å²) in [6.45, 7) is 6.20. The van der Waals surface area contributed by atoms with Crippen LogP contribution in [0.15, 0.2) is 12.5 Å². The lowest BCUT2D eigenvalue weighted by Crippen LogP contribution is -2.54. The molecule has 0 bridgehead atoms. The predicted octanol–water partition coefficient (Wildman–Crippen LogP) is 0.392. The molecular weight excluding hydrogens is 242 g/mol. The molecule has 2 aromatic rings. The van der Waals surface area contributed by atoms with Crippen LogP contribution in [0.4, 0.5) is 5.95 Å². The van der Waals surface area contributed by atoms with E-state index in [1.54, 1.807) is 12.5 Å². The summed E-state index contributed by atoms with van der Waals surface area (Å²) in [5.41, 5.74) is 0.940. The number of rotatable bonds is 2. The predicted molar refractivity (Wildman–Crippen MR) is 72.9 cm³/mol. The number of aryl methyl sites for hydroxylation is 1. The number of H-pyrrole nitrogens is 1. The fourth-order valence-corrected chi connectivity index (χ4v) is 2.58. The molecule has 2 aromatic heterocycles. The first-order valence-electron chi connectivity index (χ1n) is 6.53. The molecule has 1 aliphatic rings. The Morgan fingerprint density at radius 2 is 2.00 bits per heavy atom. The van der Waals surface area contributed by atoms with Crippen molar-refractivity contribution in [3.63, 3.8) is 0 Å². The molecular formula is C12H19N7. The Morgan fingerprint density at radius 3 is 2.63 bits per heavy atom. The lowest BCUT2D eigenvalue weighted by atomic mass is 10.1. The molecule has 7 nitrogen and oxygen atoms in total. The van der Waals surface area contributed by atoms with Crippen LogP contribution < -0.4 is 10.2 Å². The normalized spacial score (nSPS) is 23.8. The van der Waals surface area contributed by atoms with E-state index in [1.165, 1.54) is 0 Å². The third-order valence-electron chi connectivity index (χ3n) is 3.37. The van der Waals surface area contributed by atoms with Gasteiger partial charge >= 0.3 is 0 Å². The molecule has 2 N–H and O–H groups in total. The maximum atomic E-state index is 4.58. The van der Waals surface area contributed by atoms with Crippen molar-refractivity contribution in [2.24, 2.45) is 7.05 Å². The van der Waals surface area contributed by atoms with Crippen molar-refractivity contribution in [1.29, 1.82) is 0 Å². The Hall–Kier alpha value is -1.89. The van der Waals surface area contributed by atoms with Crippen molar-refractivity contribution >= 4 is 5.95 Å². The van der Waals surface area contributed by atoms with Crippen LogP contribution in [0.25, 0.3) is 11.5 Å². The van der Waals surface area contributed by atoms with Crippen molar-refractivity contribution < 1.29 is 0 Å². The highest BCUT2D eigenvalue weighted by molar-refractivity contribution is 5.50. The van der Waals surface area contributed by atoms with Gasteiger partial charge in [0.25, 0.3) is 0 Å². The second-order valence-corrected chi connectivity index (χ2v) is 5.25. The molecule has 0 radical (unpaired) electrons. The van der Waals surface area contributed by atoms with Crippen LogP contribution >= 0.6 is 0 Å². The van der Waals surface area contributed by atoms with Crippen molar-refractivity contribution in [2.75, 3.05) is 18.0 Å². The van der Waals surface area contributed by atoms with E-state index in [9.17, 15) is 0 Å². The van der Waals surface area contributed by atoms with Crippen LogP contribution in [0.3, 0.4) is 0 Å². The Kier molecular flexibility index (Phi) is 2.98. The summed E-state index contributed by atoms with van der Waals surface area (Å²) < 4.78 is 1.92. The van der Waals surface area contributed by atoms with Crippen molar-refractivity contribution in [1.82, 2.24) is 30.0 Å². The fraction of sp³-hybridized carbons (Fsp3) is 0.583.